The number of carbonyl (C=O) groups excluding carboxylic acids is 1. The predicted octanol–water partition coefficient (Wildman–Crippen LogP) is 3.04. The Morgan fingerprint density at radius 1 is 1.00 bits per heavy atom. The number of nitrogen functional groups attached to an aromatic ring is 1. The molecule has 1 amide bonds. The van der Waals surface area contributed by atoms with Crippen molar-refractivity contribution in [2.45, 2.75) is 0 Å². The lowest BCUT2D eigenvalue weighted by Gasteiger charge is -2.10. The Kier molecular flexibility index (Phi) is 3.61. The van der Waals surface area contributed by atoms with Gasteiger partial charge in [-0.2, -0.15) is 0 Å². The van der Waals surface area contributed by atoms with Crippen molar-refractivity contribution in [3.63, 3.8) is 0 Å². The van der Waals surface area contributed by atoms with E-state index in [0.29, 0.717) is 0 Å². The van der Waals surface area contributed by atoms with Gasteiger partial charge in [0, 0.05) is 11.3 Å². The maximum absolute atomic E-state index is 12.2. The molecule has 3 rings (SSSR count). The van der Waals surface area contributed by atoms with Crippen molar-refractivity contribution in [3.05, 3.63) is 59.6 Å². The Morgan fingerprint density at radius 2 is 1.71 bits per heavy atom. The molecule has 0 bridgehead atoms. The van der Waals surface area contributed by atoms with E-state index < -0.39 is 0 Å². The monoisotopic (exact) mass is 296 g/mol. The molecule has 0 radical (unpaired) electrons. The van der Waals surface area contributed by atoms with E-state index in [1.165, 1.54) is 0 Å². The highest BCUT2D eigenvalue weighted by molar-refractivity contribution is 7.17. The second kappa shape index (κ2) is 5.72. The molecule has 3 aromatic rings. The summed E-state index contributed by atoms with van der Waals surface area (Å²) in [6, 6.07) is 17.5. The standard InChI is InChI=1S/C15H12N4OS/c16-15-19-18-14(21-15)13(20)17-12-9-5-4-8-11(12)10-6-2-1-3-7-10/h1-9H,(H2,16,19)(H,17,20). The van der Waals surface area contributed by atoms with Crippen LogP contribution in [0.1, 0.15) is 9.80 Å². The van der Waals surface area contributed by atoms with E-state index in [1.54, 1.807) is 0 Å². The van der Waals surface area contributed by atoms with E-state index in [1.807, 2.05) is 54.6 Å². The Bertz CT molecular complexity index is 770. The SMILES string of the molecule is Nc1nnc(C(=O)Nc2ccccc2-c2ccccc2)s1. The summed E-state index contributed by atoms with van der Waals surface area (Å²) in [5, 5.41) is 10.8. The van der Waals surface area contributed by atoms with Crippen molar-refractivity contribution in [3.8, 4) is 11.1 Å². The Hall–Kier alpha value is -2.73. The number of nitrogens with zero attached hydrogens (tertiary/aromatic N) is 2. The molecule has 2 aromatic carbocycles. The summed E-state index contributed by atoms with van der Waals surface area (Å²) in [5.41, 5.74) is 8.20. The van der Waals surface area contributed by atoms with Gasteiger partial charge >= 0.3 is 0 Å². The number of benzene rings is 2. The van der Waals surface area contributed by atoms with Crippen LogP contribution in [0.25, 0.3) is 11.1 Å². The van der Waals surface area contributed by atoms with Crippen LogP contribution in [0.5, 0.6) is 0 Å². The molecule has 3 N–H and O–H groups in total. The van der Waals surface area contributed by atoms with Crippen LogP contribution < -0.4 is 11.1 Å². The first kappa shape index (κ1) is 13.3. The minimum atomic E-state index is -0.312. The number of rotatable bonds is 3. The molecular weight excluding hydrogens is 284 g/mol. The maximum Gasteiger partial charge on any atom is 0.286 e. The molecule has 0 unspecified atom stereocenters. The topological polar surface area (TPSA) is 80.9 Å². The fraction of sp³-hybridized carbons (Fsp3) is 0. The van der Waals surface area contributed by atoms with Crippen LogP contribution in [0, 0.1) is 0 Å². The lowest BCUT2D eigenvalue weighted by Crippen LogP contribution is -2.12. The van der Waals surface area contributed by atoms with Gasteiger partial charge in [-0.25, -0.2) is 0 Å². The second-order valence-electron chi connectivity index (χ2n) is 4.31. The van der Waals surface area contributed by atoms with Crippen LogP contribution in [0.2, 0.25) is 0 Å². The second-order valence-corrected chi connectivity index (χ2v) is 5.32. The molecule has 0 saturated heterocycles. The number of aromatic nitrogens is 2. The van der Waals surface area contributed by atoms with Gasteiger partial charge in [-0.15, -0.1) is 10.2 Å². The lowest BCUT2D eigenvalue weighted by molar-refractivity contribution is 0.102. The third-order valence-electron chi connectivity index (χ3n) is 2.89. The third kappa shape index (κ3) is 2.90. The van der Waals surface area contributed by atoms with Crippen molar-refractivity contribution < 1.29 is 4.79 Å². The number of hydrogen-bond donors (Lipinski definition) is 2. The van der Waals surface area contributed by atoms with Gasteiger partial charge in [-0.3, -0.25) is 4.79 Å². The summed E-state index contributed by atoms with van der Waals surface area (Å²) < 4.78 is 0. The number of nitrogens with two attached hydrogens (primary N) is 1. The van der Waals surface area contributed by atoms with Gasteiger partial charge in [-0.1, -0.05) is 59.9 Å². The van der Waals surface area contributed by atoms with Crippen molar-refractivity contribution >= 4 is 28.1 Å². The Balaban J connectivity index is 1.91. The van der Waals surface area contributed by atoms with Gasteiger partial charge in [0.15, 0.2) is 0 Å². The van der Waals surface area contributed by atoms with Gasteiger partial charge < -0.3 is 11.1 Å². The van der Waals surface area contributed by atoms with E-state index in [2.05, 4.69) is 15.5 Å². The van der Waals surface area contributed by atoms with E-state index in [0.717, 1.165) is 28.2 Å². The zero-order valence-corrected chi connectivity index (χ0v) is 11.8. The molecule has 104 valence electrons. The van der Waals surface area contributed by atoms with Crippen LogP contribution in [0.3, 0.4) is 0 Å². The molecule has 0 aliphatic carbocycles. The lowest BCUT2D eigenvalue weighted by atomic mass is 10.0. The molecule has 0 atom stereocenters. The molecule has 6 heteroatoms. The highest BCUT2D eigenvalue weighted by atomic mass is 32.1. The van der Waals surface area contributed by atoms with E-state index in [4.69, 9.17) is 5.73 Å². The largest absolute Gasteiger partial charge is 0.374 e. The minimum Gasteiger partial charge on any atom is -0.374 e. The number of anilines is 2. The maximum atomic E-state index is 12.2. The highest BCUT2D eigenvalue weighted by Crippen LogP contribution is 2.28. The van der Waals surface area contributed by atoms with E-state index >= 15 is 0 Å². The van der Waals surface area contributed by atoms with Gasteiger partial charge in [0.25, 0.3) is 5.91 Å². The van der Waals surface area contributed by atoms with Crippen molar-refractivity contribution in [1.29, 1.82) is 0 Å². The molecule has 0 saturated carbocycles. The predicted molar refractivity (Wildman–Crippen MR) is 84.2 cm³/mol. The zero-order valence-electron chi connectivity index (χ0n) is 11.0. The smallest absolute Gasteiger partial charge is 0.286 e. The fourth-order valence-corrected chi connectivity index (χ4v) is 2.47. The number of carbonyl (C=O) groups is 1. The van der Waals surface area contributed by atoms with E-state index in [9.17, 15) is 4.79 Å². The van der Waals surface area contributed by atoms with Crippen LogP contribution in [0.15, 0.2) is 54.6 Å². The molecule has 0 spiro atoms. The van der Waals surface area contributed by atoms with Gasteiger partial charge in [0.2, 0.25) is 10.1 Å². The van der Waals surface area contributed by atoms with Crippen LogP contribution >= 0.6 is 11.3 Å². The van der Waals surface area contributed by atoms with Gasteiger partial charge in [0.05, 0.1) is 0 Å². The fourth-order valence-electron chi connectivity index (χ4n) is 1.96. The first-order chi connectivity index (χ1) is 10.2. The van der Waals surface area contributed by atoms with Crippen molar-refractivity contribution in [2.24, 2.45) is 0 Å². The number of nitrogens with one attached hydrogen (secondary N) is 1. The van der Waals surface area contributed by atoms with Crippen LogP contribution in [-0.2, 0) is 0 Å². The zero-order chi connectivity index (χ0) is 14.7. The Morgan fingerprint density at radius 3 is 2.43 bits per heavy atom. The first-order valence-corrected chi connectivity index (χ1v) is 7.10. The minimum absolute atomic E-state index is 0.246. The quantitative estimate of drug-likeness (QED) is 0.778. The normalized spacial score (nSPS) is 10.3. The summed E-state index contributed by atoms with van der Waals surface area (Å²) in [6.07, 6.45) is 0. The third-order valence-corrected chi connectivity index (χ3v) is 3.65. The number of amides is 1. The molecule has 0 aliphatic rings. The number of hydrogen-bond acceptors (Lipinski definition) is 5. The average molecular weight is 296 g/mol. The molecule has 1 aromatic heterocycles. The summed E-state index contributed by atoms with van der Waals surface area (Å²) in [5.74, 6) is -0.312. The molecule has 0 aliphatic heterocycles. The Labute approximate surface area is 125 Å². The molecule has 0 fully saturated rings. The van der Waals surface area contributed by atoms with E-state index in [-0.39, 0.29) is 16.0 Å². The van der Waals surface area contributed by atoms with Crippen LogP contribution in [-0.4, -0.2) is 16.1 Å². The summed E-state index contributed by atoms with van der Waals surface area (Å²) in [4.78, 5) is 12.2. The summed E-state index contributed by atoms with van der Waals surface area (Å²) in [7, 11) is 0. The molecule has 21 heavy (non-hydrogen) atoms. The average Bonchev–Trinajstić information content (AvgIpc) is 2.95. The first-order valence-electron chi connectivity index (χ1n) is 6.29. The molecule has 5 nitrogen and oxygen atoms in total. The highest BCUT2D eigenvalue weighted by Gasteiger charge is 2.14. The molecule has 1 heterocycles. The summed E-state index contributed by atoms with van der Waals surface area (Å²) >= 11 is 1.06. The van der Waals surface area contributed by atoms with Crippen molar-refractivity contribution in [1.82, 2.24) is 10.2 Å². The van der Waals surface area contributed by atoms with Crippen molar-refractivity contribution in [2.75, 3.05) is 11.1 Å². The number of para-hydroxylation sites is 1. The summed E-state index contributed by atoms with van der Waals surface area (Å²) in [6.45, 7) is 0. The van der Waals surface area contributed by atoms with Gasteiger partial charge in [0.1, 0.15) is 0 Å². The molecular formula is C15H12N4OS. The van der Waals surface area contributed by atoms with Gasteiger partial charge in [-0.05, 0) is 11.6 Å². The van der Waals surface area contributed by atoms with Crippen LogP contribution in [0.4, 0.5) is 10.8 Å².